The van der Waals surface area contributed by atoms with Gasteiger partial charge in [0, 0.05) is 6.07 Å². The molecule has 1 amide bonds. The van der Waals surface area contributed by atoms with Crippen molar-refractivity contribution in [2.75, 3.05) is 13.4 Å². The molecule has 0 saturated carbocycles. The maximum Gasteiger partial charge on any atom is 0.311 e. The molecule has 1 N–H and O–H groups in total. The molecule has 150 valence electrons. The van der Waals surface area contributed by atoms with E-state index in [-0.39, 0.29) is 35.2 Å². The fraction of sp³-hybridized carbons (Fsp3) is 0.176. The van der Waals surface area contributed by atoms with Crippen LogP contribution in [-0.2, 0) is 4.79 Å². The number of hydrazone groups is 1. The van der Waals surface area contributed by atoms with Gasteiger partial charge in [0.1, 0.15) is 0 Å². The quantitative estimate of drug-likeness (QED) is 0.419. The van der Waals surface area contributed by atoms with Crippen molar-refractivity contribution in [3.63, 3.8) is 0 Å². The van der Waals surface area contributed by atoms with Crippen LogP contribution in [0.4, 0.5) is 11.4 Å². The first kappa shape index (κ1) is 19.5. The topological polar surface area (TPSA) is 155 Å². The van der Waals surface area contributed by atoms with E-state index in [1.54, 1.807) is 13.0 Å². The third-order valence-corrected chi connectivity index (χ3v) is 3.78. The van der Waals surface area contributed by atoms with Crippen molar-refractivity contribution < 1.29 is 28.9 Å². The van der Waals surface area contributed by atoms with Gasteiger partial charge in [-0.15, -0.1) is 0 Å². The van der Waals surface area contributed by atoms with Crippen molar-refractivity contribution >= 4 is 23.5 Å². The second kappa shape index (κ2) is 8.21. The van der Waals surface area contributed by atoms with Crippen LogP contribution in [0.2, 0.25) is 0 Å². The number of amides is 1. The number of fused-ring (bicyclic) bond motifs is 1. The molecule has 3 rings (SSSR count). The Hall–Kier alpha value is -4.22. The Balaban J connectivity index is 1.64. The van der Waals surface area contributed by atoms with Gasteiger partial charge >= 0.3 is 5.69 Å². The van der Waals surface area contributed by atoms with Gasteiger partial charge in [0.05, 0.1) is 27.7 Å². The fourth-order valence-electron chi connectivity index (χ4n) is 2.45. The maximum atomic E-state index is 11.9. The summed E-state index contributed by atoms with van der Waals surface area (Å²) in [4.78, 5) is 32.8. The molecule has 1 heterocycles. The van der Waals surface area contributed by atoms with Gasteiger partial charge in [-0.05, 0) is 24.6 Å². The molecule has 0 unspecified atom stereocenters. The van der Waals surface area contributed by atoms with E-state index in [1.807, 2.05) is 0 Å². The summed E-state index contributed by atoms with van der Waals surface area (Å²) in [5, 5.41) is 25.9. The summed E-state index contributed by atoms with van der Waals surface area (Å²) in [5.74, 6) is -0.213. The van der Waals surface area contributed by atoms with Gasteiger partial charge in [-0.25, -0.2) is 5.43 Å². The second-order valence-electron chi connectivity index (χ2n) is 5.83. The molecule has 2 aromatic rings. The SMILES string of the molecule is Cc1ccc(OCC(=O)NN=Cc2cc3c(cc2[N+](=O)[O-])OCO3)c([N+](=O)[O-])c1. The second-order valence-corrected chi connectivity index (χ2v) is 5.83. The van der Waals surface area contributed by atoms with E-state index in [0.717, 1.165) is 6.21 Å². The largest absolute Gasteiger partial charge is 0.477 e. The van der Waals surface area contributed by atoms with E-state index >= 15 is 0 Å². The molecular weight excluding hydrogens is 388 g/mol. The van der Waals surface area contributed by atoms with E-state index in [4.69, 9.17) is 14.2 Å². The zero-order chi connectivity index (χ0) is 21.0. The first-order valence-corrected chi connectivity index (χ1v) is 8.13. The van der Waals surface area contributed by atoms with Crippen molar-refractivity contribution in [2.45, 2.75) is 6.92 Å². The molecule has 1 aliphatic heterocycles. The van der Waals surface area contributed by atoms with Gasteiger partial charge < -0.3 is 14.2 Å². The van der Waals surface area contributed by atoms with Crippen LogP contribution >= 0.6 is 0 Å². The highest BCUT2D eigenvalue weighted by Gasteiger charge is 2.22. The van der Waals surface area contributed by atoms with Crippen molar-refractivity contribution in [3.05, 3.63) is 61.7 Å². The third-order valence-electron chi connectivity index (χ3n) is 3.78. The smallest absolute Gasteiger partial charge is 0.311 e. The number of nitrogens with one attached hydrogen (secondary N) is 1. The predicted octanol–water partition coefficient (Wildman–Crippen LogP) is 2.07. The van der Waals surface area contributed by atoms with Gasteiger partial charge in [0.2, 0.25) is 6.79 Å². The summed E-state index contributed by atoms with van der Waals surface area (Å²) < 4.78 is 15.4. The van der Waals surface area contributed by atoms with Gasteiger partial charge in [0.25, 0.3) is 11.6 Å². The summed E-state index contributed by atoms with van der Waals surface area (Å²) in [6.07, 6.45) is 1.08. The first-order chi connectivity index (χ1) is 13.8. The molecule has 1 aliphatic rings. The van der Waals surface area contributed by atoms with Crippen molar-refractivity contribution in [3.8, 4) is 17.2 Å². The van der Waals surface area contributed by atoms with Crippen molar-refractivity contribution in [2.24, 2.45) is 5.10 Å². The van der Waals surface area contributed by atoms with E-state index in [2.05, 4.69) is 10.5 Å². The van der Waals surface area contributed by atoms with Crippen LogP contribution in [0.15, 0.2) is 35.4 Å². The van der Waals surface area contributed by atoms with Gasteiger partial charge in [-0.2, -0.15) is 5.10 Å². The summed E-state index contributed by atoms with van der Waals surface area (Å²) in [6, 6.07) is 6.88. The standard InChI is InChI=1S/C17H14N4O8/c1-10-2-3-14(13(4-10)21(25)26)27-8-17(22)19-18-7-11-5-15-16(29-9-28-15)6-12(11)20(23)24/h2-7H,8-9H2,1H3,(H,19,22). The molecule has 0 radical (unpaired) electrons. The minimum Gasteiger partial charge on any atom is -0.477 e. The average molecular weight is 402 g/mol. The Labute approximate surface area is 163 Å². The third kappa shape index (κ3) is 4.55. The summed E-state index contributed by atoms with van der Waals surface area (Å²) in [7, 11) is 0. The summed E-state index contributed by atoms with van der Waals surface area (Å²) >= 11 is 0. The highest BCUT2D eigenvalue weighted by Crippen LogP contribution is 2.37. The molecule has 0 bridgehead atoms. The van der Waals surface area contributed by atoms with Crippen LogP contribution in [0.5, 0.6) is 17.2 Å². The number of aryl methyl sites for hydroxylation is 1. The number of nitro groups is 2. The normalized spacial score (nSPS) is 12.0. The van der Waals surface area contributed by atoms with E-state index < -0.39 is 22.4 Å². The van der Waals surface area contributed by atoms with E-state index in [9.17, 15) is 25.0 Å². The lowest BCUT2D eigenvalue weighted by atomic mass is 10.1. The molecule has 0 aromatic heterocycles. The molecule has 0 atom stereocenters. The monoisotopic (exact) mass is 402 g/mol. The first-order valence-electron chi connectivity index (χ1n) is 8.13. The van der Waals surface area contributed by atoms with Crippen LogP contribution in [-0.4, -0.2) is 35.4 Å². The molecule has 0 fully saturated rings. The van der Waals surface area contributed by atoms with Crippen LogP contribution in [0.3, 0.4) is 0 Å². The Bertz CT molecular complexity index is 1020. The van der Waals surface area contributed by atoms with Gasteiger partial charge in [-0.1, -0.05) is 6.07 Å². The molecule has 12 nitrogen and oxygen atoms in total. The molecule has 0 aliphatic carbocycles. The number of benzene rings is 2. The zero-order valence-electron chi connectivity index (χ0n) is 15.0. The highest BCUT2D eigenvalue weighted by molar-refractivity contribution is 5.88. The molecule has 2 aromatic carbocycles. The summed E-state index contributed by atoms with van der Waals surface area (Å²) in [5.41, 5.74) is 2.35. The molecular formula is C17H14N4O8. The minimum absolute atomic E-state index is 0.0493. The Morgan fingerprint density at radius 2 is 1.86 bits per heavy atom. The average Bonchev–Trinajstić information content (AvgIpc) is 3.13. The Morgan fingerprint density at radius 1 is 1.17 bits per heavy atom. The number of nitro benzene ring substituents is 2. The molecule has 29 heavy (non-hydrogen) atoms. The van der Waals surface area contributed by atoms with E-state index in [1.165, 1.54) is 24.3 Å². The van der Waals surface area contributed by atoms with Crippen molar-refractivity contribution in [1.29, 1.82) is 0 Å². The van der Waals surface area contributed by atoms with E-state index in [0.29, 0.717) is 11.3 Å². The highest BCUT2D eigenvalue weighted by atomic mass is 16.7. The number of hydrogen-bond acceptors (Lipinski definition) is 9. The Morgan fingerprint density at radius 3 is 2.55 bits per heavy atom. The van der Waals surface area contributed by atoms with Crippen LogP contribution in [0.1, 0.15) is 11.1 Å². The van der Waals surface area contributed by atoms with Crippen molar-refractivity contribution in [1.82, 2.24) is 5.43 Å². The van der Waals surface area contributed by atoms with Gasteiger partial charge in [-0.3, -0.25) is 25.0 Å². The molecule has 0 spiro atoms. The lowest BCUT2D eigenvalue weighted by molar-refractivity contribution is -0.385. The number of hydrogen-bond donors (Lipinski definition) is 1. The maximum absolute atomic E-state index is 11.9. The van der Waals surface area contributed by atoms with Crippen LogP contribution < -0.4 is 19.6 Å². The number of carbonyl (C=O) groups is 1. The fourth-order valence-corrected chi connectivity index (χ4v) is 2.45. The lowest BCUT2D eigenvalue weighted by Crippen LogP contribution is -2.24. The van der Waals surface area contributed by atoms with Crippen LogP contribution in [0, 0.1) is 27.2 Å². The minimum atomic E-state index is -0.709. The zero-order valence-corrected chi connectivity index (χ0v) is 15.0. The molecule has 0 saturated heterocycles. The molecule has 12 heteroatoms. The Kier molecular flexibility index (Phi) is 5.53. The van der Waals surface area contributed by atoms with Crippen LogP contribution in [0.25, 0.3) is 0 Å². The number of carbonyl (C=O) groups excluding carboxylic acids is 1. The number of rotatable bonds is 7. The number of nitrogens with zero attached hydrogens (tertiary/aromatic N) is 3. The predicted molar refractivity (Wildman–Crippen MR) is 98.3 cm³/mol. The number of ether oxygens (including phenoxy) is 3. The lowest BCUT2D eigenvalue weighted by Gasteiger charge is -2.06. The summed E-state index contributed by atoms with van der Waals surface area (Å²) in [6.45, 7) is 1.10. The van der Waals surface area contributed by atoms with Gasteiger partial charge in [0.15, 0.2) is 23.9 Å².